The van der Waals surface area contributed by atoms with Crippen molar-refractivity contribution in [2.75, 3.05) is 24.5 Å². The number of aromatic nitrogens is 2. The van der Waals surface area contributed by atoms with Gasteiger partial charge < -0.3 is 4.90 Å². The van der Waals surface area contributed by atoms with Crippen molar-refractivity contribution in [3.63, 3.8) is 0 Å². The van der Waals surface area contributed by atoms with Crippen LogP contribution in [0.3, 0.4) is 0 Å². The first-order valence-electron chi connectivity index (χ1n) is 8.39. The minimum Gasteiger partial charge on any atom is -0.312 e. The van der Waals surface area contributed by atoms with Gasteiger partial charge in [-0.2, -0.15) is 5.10 Å². The molecule has 0 N–H and O–H groups in total. The van der Waals surface area contributed by atoms with E-state index in [4.69, 9.17) is 0 Å². The van der Waals surface area contributed by atoms with Gasteiger partial charge in [-0.25, -0.2) is 8.78 Å². The van der Waals surface area contributed by atoms with E-state index >= 15 is 0 Å². The lowest BCUT2D eigenvalue weighted by molar-refractivity contribution is -0.117. The first-order chi connectivity index (χ1) is 11.9. The Morgan fingerprint density at radius 2 is 2.08 bits per heavy atom. The molecule has 0 aliphatic carbocycles. The fourth-order valence-electron chi connectivity index (χ4n) is 4.03. The summed E-state index contributed by atoms with van der Waals surface area (Å²) in [4.78, 5) is 16.4. The Labute approximate surface area is 144 Å². The molecule has 1 aromatic heterocycles. The molecule has 1 atom stereocenters. The highest BCUT2D eigenvalue weighted by Crippen LogP contribution is 2.42. The summed E-state index contributed by atoms with van der Waals surface area (Å²) in [5, 5.41) is 4.19. The average molecular weight is 346 g/mol. The van der Waals surface area contributed by atoms with Crippen LogP contribution in [0.5, 0.6) is 0 Å². The number of hydrogen-bond donors (Lipinski definition) is 0. The molecule has 4 rings (SSSR count). The molecule has 1 aromatic carbocycles. The van der Waals surface area contributed by atoms with Crippen molar-refractivity contribution in [2.45, 2.75) is 19.4 Å². The Hall–Kier alpha value is -2.28. The van der Waals surface area contributed by atoms with Crippen LogP contribution >= 0.6 is 0 Å². The summed E-state index contributed by atoms with van der Waals surface area (Å²) in [5.74, 6) is -1.83. The van der Waals surface area contributed by atoms with Gasteiger partial charge in [0.05, 0.1) is 6.20 Å². The van der Waals surface area contributed by atoms with Crippen molar-refractivity contribution in [2.24, 2.45) is 12.5 Å². The highest BCUT2D eigenvalue weighted by Gasteiger charge is 2.47. The summed E-state index contributed by atoms with van der Waals surface area (Å²) in [6.45, 7) is 3.12. The third kappa shape index (κ3) is 3.04. The van der Waals surface area contributed by atoms with E-state index in [1.54, 1.807) is 9.58 Å². The van der Waals surface area contributed by atoms with E-state index < -0.39 is 11.6 Å². The smallest absolute Gasteiger partial charge is 0.227 e. The first kappa shape index (κ1) is 16.2. The summed E-state index contributed by atoms with van der Waals surface area (Å²) < 4.78 is 28.4. The summed E-state index contributed by atoms with van der Waals surface area (Å²) in [6, 6.07) is 3.65. The lowest BCUT2D eigenvalue weighted by Crippen LogP contribution is -2.31. The highest BCUT2D eigenvalue weighted by atomic mass is 19.2. The predicted octanol–water partition coefficient (Wildman–Crippen LogP) is 2.33. The Bertz CT molecular complexity index is 821. The predicted molar refractivity (Wildman–Crippen MR) is 88.9 cm³/mol. The number of aryl methyl sites for hydroxylation is 1. The molecule has 2 fully saturated rings. The molecule has 2 aromatic rings. The second-order valence-corrected chi connectivity index (χ2v) is 7.24. The van der Waals surface area contributed by atoms with Gasteiger partial charge in [0, 0.05) is 62.0 Å². The summed E-state index contributed by atoms with van der Waals surface area (Å²) in [7, 11) is 1.89. The molecular weight excluding hydrogens is 326 g/mol. The lowest BCUT2D eigenvalue weighted by Gasteiger charge is -2.24. The van der Waals surface area contributed by atoms with Crippen LogP contribution in [0.1, 0.15) is 18.4 Å². The maximum Gasteiger partial charge on any atom is 0.227 e. The molecule has 2 saturated heterocycles. The Balaban J connectivity index is 1.47. The Morgan fingerprint density at radius 1 is 1.24 bits per heavy atom. The molecule has 0 bridgehead atoms. The maximum atomic E-state index is 13.5. The summed E-state index contributed by atoms with van der Waals surface area (Å²) >= 11 is 0. The monoisotopic (exact) mass is 346 g/mol. The average Bonchev–Trinajstić information content (AvgIpc) is 3.23. The van der Waals surface area contributed by atoms with Crippen LogP contribution in [-0.2, 0) is 18.4 Å². The number of hydrogen-bond acceptors (Lipinski definition) is 3. The van der Waals surface area contributed by atoms with Crippen LogP contribution in [0.15, 0.2) is 30.6 Å². The van der Waals surface area contributed by atoms with Gasteiger partial charge in [-0.05, 0) is 25.1 Å². The highest BCUT2D eigenvalue weighted by molar-refractivity contribution is 5.96. The molecule has 2 aliphatic rings. The minimum absolute atomic E-state index is 0.0192. The number of anilines is 1. The van der Waals surface area contributed by atoms with Gasteiger partial charge in [0.2, 0.25) is 5.91 Å². The fourth-order valence-corrected chi connectivity index (χ4v) is 4.03. The van der Waals surface area contributed by atoms with Crippen LogP contribution in [0.2, 0.25) is 0 Å². The molecule has 1 spiro atoms. The quantitative estimate of drug-likeness (QED) is 0.857. The maximum absolute atomic E-state index is 13.5. The van der Waals surface area contributed by atoms with Crippen LogP contribution in [0.25, 0.3) is 0 Å². The number of carbonyl (C=O) groups excluding carboxylic acids is 1. The van der Waals surface area contributed by atoms with Crippen molar-refractivity contribution in [3.8, 4) is 0 Å². The zero-order chi connectivity index (χ0) is 17.6. The molecule has 0 radical (unpaired) electrons. The number of benzene rings is 1. The van der Waals surface area contributed by atoms with Gasteiger partial charge in [-0.1, -0.05) is 0 Å². The minimum atomic E-state index is -0.920. The van der Waals surface area contributed by atoms with Gasteiger partial charge in [-0.15, -0.1) is 0 Å². The van der Waals surface area contributed by atoms with Crippen LogP contribution in [0.4, 0.5) is 14.5 Å². The largest absolute Gasteiger partial charge is 0.312 e. The standard InChI is InChI=1S/C18H20F2N4O/c1-22-9-13(8-21-22)10-23-5-4-18(11-23)7-17(25)24(12-18)14-2-3-15(19)16(20)6-14/h2-3,6,8-9H,4-5,7,10-12H2,1H3. The summed E-state index contributed by atoms with van der Waals surface area (Å²) in [6.07, 6.45) is 5.24. The van der Waals surface area contributed by atoms with E-state index in [1.807, 2.05) is 19.4 Å². The molecule has 132 valence electrons. The van der Waals surface area contributed by atoms with Gasteiger partial charge in [-0.3, -0.25) is 14.4 Å². The van der Waals surface area contributed by atoms with Gasteiger partial charge in [0.1, 0.15) is 0 Å². The topological polar surface area (TPSA) is 41.4 Å². The van der Waals surface area contributed by atoms with Crippen molar-refractivity contribution >= 4 is 11.6 Å². The van der Waals surface area contributed by atoms with E-state index in [-0.39, 0.29) is 11.3 Å². The summed E-state index contributed by atoms with van der Waals surface area (Å²) in [5.41, 5.74) is 1.48. The van der Waals surface area contributed by atoms with Crippen LogP contribution in [-0.4, -0.2) is 40.2 Å². The number of halogens is 2. The van der Waals surface area contributed by atoms with E-state index in [0.717, 1.165) is 43.8 Å². The van der Waals surface area contributed by atoms with E-state index in [9.17, 15) is 13.6 Å². The number of carbonyl (C=O) groups is 1. The second kappa shape index (κ2) is 5.91. The van der Waals surface area contributed by atoms with Crippen molar-refractivity contribution in [1.82, 2.24) is 14.7 Å². The molecule has 1 amide bonds. The molecule has 25 heavy (non-hydrogen) atoms. The lowest BCUT2D eigenvalue weighted by atomic mass is 9.86. The zero-order valence-corrected chi connectivity index (χ0v) is 14.1. The third-order valence-corrected chi connectivity index (χ3v) is 5.22. The molecule has 2 aliphatic heterocycles. The zero-order valence-electron chi connectivity index (χ0n) is 14.1. The van der Waals surface area contributed by atoms with Crippen molar-refractivity contribution in [1.29, 1.82) is 0 Å². The van der Waals surface area contributed by atoms with E-state index in [0.29, 0.717) is 18.7 Å². The number of nitrogens with zero attached hydrogens (tertiary/aromatic N) is 4. The van der Waals surface area contributed by atoms with E-state index in [2.05, 4.69) is 10.00 Å². The molecule has 7 heteroatoms. The molecule has 3 heterocycles. The van der Waals surface area contributed by atoms with Gasteiger partial charge in [0.25, 0.3) is 0 Å². The molecule has 0 saturated carbocycles. The van der Waals surface area contributed by atoms with Gasteiger partial charge >= 0.3 is 0 Å². The Morgan fingerprint density at radius 3 is 2.80 bits per heavy atom. The molecule has 5 nitrogen and oxygen atoms in total. The van der Waals surface area contributed by atoms with Crippen LogP contribution < -0.4 is 4.90 Å². The van der Waals surface area contributed by atoms with Crippen molar-refractivity contribution < 1.29 is 13.6 Å². The Kier molecular flexibility index (Phi) is 3.83. The SMILES string of the molecule is Cn1cc(CN2CCC3(CC(=O)N(c4ccc(F)c(F)c4)C3)C2)cn1. The normalized spacial score (nSPS) is 24.0. The van der Waals surface area contributed by atoms with Crippen LogP contribution in [0, 0.1) is 17.0 Å². The fraction of sp³-hybridized carbons (Fsp3) is 0.444. The van der Waals surface area contributed by atoms with Gasteiger partial charge in [0.15, 0.2) is 11.6 Å². The number of likely N-dealkylation sites (tertiary alicyclic amines) is 1. The number of amides is 1. The van der Waals surface area contributed by atoms with Crippen molar-refractivity contribution in [3.05, 3.63) is 47.8 Å². The third-order valence-electron chi connectivity index (χ3n) is 5.22. The molecular formula is C18H20F2N4O. The second-order valence-electron chi connectivity index (χ2n) is 7.24. The first-order valence-corrected chi connectivity index (χ1v) is 8.39. The molecule has 1 unspecified atom stereocenters. The van der Waals surface area contributed by atoms with E-state index in [1.165, 1.54) is 6.07 Å². The number of rotatable bonds is 3.